The van der Waals surface area contributed by atoms with Gasteiger partial charge >= 0.3 is 5.97 Å². The van der Waals surface area contributed by atoms with Gasteiger partial charge in [0.2, 0.25) is 0 Å². The predicted octanol–water partition coefficient (Wildman–Crippen LogP) is 3.50. The third kappa shape index (κ3) is 3.46. The van der Waals surface area contributed by atoms with E-state index in [0.29, 0.717) is 28.0 Å². The molecule has 23 heavy (non-hydrogen) atoms. The first-order valence-electron chi connectivity index (χ1n) is 7.00. The Morgan fingerprint density at radius 1 is 1.39 bits per heavy atom. The third-order valence-electron chi connectivity index (χ3n) is 3.36. The lowest BCUT2D eigenvalue weighted by Gasteiger charge is -2.12. The molecule has 0 unspecified atom stereocenters. The predicted molar refractivity (Wildman–Crippen MR) is 93.0 cm³/mol. The molecule has 1 saturated heterocycles. The number of fused-ring (bicyclic) bond motifs is 1. The summed E-state index contributed by atoms with van der Waals surface area (Å²) in [6.07, 6.45) is 2.07. The SMILES string of the molecule is O=C(O)CCCN1C(=O)/C(=C/c2cc3ccccc3o2)SC1=S. The number of thioether (sulfide) groups is 1. The zero-order valence-electron chi connectivity index (χ0n) is 12.0. The van der Waals surface area contributed by atoms with Gasteiger partial charge in [0.05, 0.1) is 4.91 Å². The lowest BCUT2D eigenvalue weighted by atomic mass is 10.2. The van der Waals surface area contributed by atoms with Gasteiger partial charge in [-0.05, 0) is 18.6 Å². The Hall–Kier alpha value is -2.12. The van der Waals surface area contributed by atoms with Gasteiger partial charge in [-0.25, -0.2) is 0 Å². The van der Waals surface area contributed by atoms with E-state index in [2.05, 4.69) is 0 Å². The van der Waals surface area contributed by atoms with Gasteiger partial charge in [0.15, 0.2) is 0 Å². The molecule has 2 aromatic rings. The molecule has 1 aliphatic heterocycles. The van der Waals surface area contributed by atoms with E-state index in [1.807, 2.05) is 30.3 Å². The van der Waals surface area contributed by atoms with E-state index < -0.39 is 5.97 Å². The molecule has 0 aliphatic carbocycles. The van der Waals surface area contributed by atoms with Gasteiger partial charge in [-0.2, -0.15) is 0 Å². The van der Waals surface area contributed by atoms with Crippen molar-refractivity contribution in [1.82, 2.24) is 4.90 Å². The monoisotopic (exact) mass is 347 g/mol. The summed E-state index contributed by atoms with van der Waals surface area (Å²) in [7, 11) is 0. The van der Waals surface area contributed by atoms with Crippen LogP contribution in [0.15, 0.2) is 39.7 Å². The largest absolute Gasteiger partial charge is 0.481 e. The summed E-state index contributed by atoms with van der Waals surface area (Å²) in [6, 6.07) is 9.48. The normalized spacial score (nSPS) is 16.7. The fourth-order valence-corrected chi connectivity index (χ4v) is 3.57. The van der Waals surface area contributed by atoms with Gasteiger partial charge in [-0.15, -0.1) is 0 Å². The maximum atomic E-state index is 12.4. The number of carbonyl (C=O) groups is 2. The Balaban J connectivity index is 1.76. The number of benzene rings is 1. The molecule has 1 fully saturated rings. The van der Waals surface area contributed by atoms with Crippen molar-refractivity contribution in [2.45, 2.75) is 12.8 Å². The van der Waals surface area contributed by atoms with Crippen LogP contribution in [-0.2, 0) is 9.59 Å². The Labute approximate surface area is 141 Å². The second-order valence-electron chi connectivity index (χ2n) is 5.02. The average molecular weight is 347 g/mol. The summed E-state index contributed by atoms with van der Waals surface area (Å²) in [4.78, 5) is 24.9. The minimum atomic E-state index is -0.881. The van der Waals surface area contributed by atoms with Crippen LogP contribution in [0.2, 0.25) is 0 Å². The summed E-state index contributed by atoms with van der Waals surface area (Å²) in [5.41, 5.74) is 0.760. The van der Waals surface area contributed by atoms with Gasteiger partial charge in [0.1, 0.15) is 15.7 Å². The third-order valence-corrected chi connectivity index (χ3v) is 4.74. The summed E-state index contributed by atoms with van der Waals surface area (Å²) in [6.45, 7) is 0.314. The molecular formula is C16H13NO4S2. The highest BCUT2D eigenvalue weighted by molar-refractivity contribution is 8.26. The molecule has 0 bridgehead atoms. The maximum Gasteiger partial charge on any atom is 0.303 e. The number of thiocarbonyl (C=S) groups is 1. The summed E-state index contributed by atoms with van der Waals surface area (Å²) in [5.74, 6) is -0.490. The fraction of sp³-hybridized carbons (Fsp3) is 0.188. The van der Waals surface area contributed by atoms with Gasteiger partial charge in [-0.1, -0.05) is 42.2 Å². The van der Waals surface area contributed by atoms with E-state index in [-0.39, 0.29) is 12.3 Å². The van der Waals surface area contributed by atoms with Crippen LogP contribution in [-0.4, -0.2) is 32.7 Å². The lowest BCUT2D eigenvalue weighted by molar-refractivity contribution is -0.137. The number of hydrogen-bond acceptors (Lipinski definition) is 5. The number of amides is 1. The number of para-hydroxylation sites is 1. The molecule has 0 atom stereocenters. The molecule has 1 aromatic heterocycles. The Kier molecular flexibility index (Phi) is 4.49. The van der Waals surface area contributed by atoms with Crippen molar-refractivity contribution in [2.24, 2.45) is 0 Å². The molecule has 1 amide bonds. The number of aliphatic carboxylic acids is 1. The van der Waals surface area contributed by atoms with Crippen LogP contribution in [0.25, 0.3) is 17.0 Å². The molecule has 5 nitrogen and oxygen atoms in total. The van der Waals surface area contributed by atoms with Gasteiger partial charge in [-0.3, -0.25) is 14.5 Å². The van der Waals surface area contributed by atoms with Crippen molar-refractivity contribution in [3.8, 4) is 0 Å². The van der Waals surface area contributed by atoms with Crippen LogP contribution in [0.1, 0.15) is 18.6 Å². The highest BCUT2D eigenvalue weighted by atomic mass is 32.2. The molecule has 7 heteroatoms. The van der Waals surface area contributed by atoms with Crippen molar-refractivity contribution in [1.29, 1.82) is 0 Å². The van der Waals surface area contributed by atoms with Crippen LogP contribution >= 0.6 is 24.0 Å². The topological polar surface area (TPSA) is 70.8 Å². The molecule has 1 N–H and O–H groups in total. The van der Waals surface area contributed by atoms with Crippen LogP contribution < -0.4 is 0 Å². The van der Waals surface area contributed by atoms with E-state index in [1.165, 1.54) is 16.7 Å². The van der Waals surface area contributed by atoms with Crippen molar-refractivity contribution in [2.75, 3.05) is 6.54 Å². The number of hydrogen-bond donors (Lipinski definition) is 1. The number of rotatable bonds is 5. The van der Waals surface area contributed by atoms with E-state index in [4.69, 9.17) is 21.7 Å². The molecule has 0 radical (unpaired) electrons. The minimum absolute atomic E-state index is 0.0136. The van der Waals surface area contributed by atoms with Crippen molar-refractivity contribution in [3.63, 3.8) is 0 Å². The number of furan rings is 1. The Morgan fingerprint density at radius 2 is 2.17 bits per heavy atom. The standard InChI is InChI=1S/C16H13NO4S2/c18-14(19)6-3-7-17-15(20)13(23-16(17)22)9-11-8-10-4-1-2-5-12(10)21-11/h1-2,4-5,8-9H,3,6-7H2,(H,18,19)/b13-9-. The molecule has 118 valence electrons. The number of carboxylic acid groups (broad SMARTS) is 1. The number of nitrogens with zero attached hydrogens (tertiary/aromatic N) is 1. The van der Waals surface area contributed by atoms with Crippen molar-refractivity contribution >= 4 is 57.2 Å². The van der Waals surface area contributed by atoms with Crippen LogP contribution in [0.5, 0.6) is 0 Å². The zero-order valence-corrected chi connectivity index (χ0v) is 13.7. The highest BCUT2D eigenvalue weighted by Crippen LogP contribution is 2.33. The highest BCUT2D eigenvalue weighted by Gasteiger charge is 2.31. The first-order chi connectivity index (χ1) is 11.0. The van der Waals surface area contributed by atoms with Crippen molar-refractivity contribution < 1.29 is 19.1 Å². The first-order valence-corrected chi connectivity index (χ1v) is 8.23. The molecule has 1 aliphatic rings. The average Bonchev–Trinajstić information content (AvgIpc) is 3.02. The Morgan fingerprint density at radius 3 is 2.91 bits per heavy atom. The van der Waals surface area contributed by atoms with Crippen LogP contribution in [0.3, 0.4) is 0 Å². The van der Waals surface area contributed by atoms with Gasteiger partial charge in [0, 0.05) is 24.4 Å². The molecule has 3 rings (SSSR count). The van der Waals surface area contributed by atoms with E-state index in [0.717, 1.165) is 11.0 Å². The quantitative estimate of drug-likeness (QED) is 0.659. The smallest absolute Gasteiger partial charge is 0.303 e. The second kappa shape index (κ2) is 6.55. The summed E-state index contributed by atoms with van der Waals surface area (Å²) < 4.78 is 6.13. The molecule has 0 saturated carbocycles. The Bertz CT molecular complexity index is 791. The molecule has 1 aromatic carbocycles. The second-order valence-corrected chi connectivity index (χ2v) is 6.69. The van der Waals surface area contributed by atoms with E-state index >= 15 is 0 Å². The number of carbonyl (C=O) groups excluding carboxylic acids is 1. The molecular weight excluding hydrogens is 334 g/mol. The first kappa shape index (κ1) is 15.8. The molecule has 2 heterocycles. The summed E-state index contributed by atoms with van der Waals surface area (Å²) in [5, 5.41) is 9.64. The van der Waals surface area contributed by atoms with Gasteiger partial charge < -0.3 is 9.52 Å². The minimum Gasteiger partial charge on any atom is -0.481 e. The zero-order chi connectivity index (χ0) is 16.4. The van der Waals surface area contributed by atoms with E-state index in [1.54, 1.807) is 6.08 Å². The lowest BCUT2D eigenvalue weighted by Crippen LogP contribution is -2.29. The van der Waals surface area contributed by atoms with Gasteiger partial charge in [0.25, 0.3) is 5.91 Å². The summed E-state index contributed by atoms with van der Waals surface area (Å²) >= 11 is 6.41. The van der Waals surface area contributed by atoms with Crippen LogP contribution in [0, 0.1) is 0 Å². The molecule has 0 spiro atoms. The van der Waals surface area contributed by atoms with Crippen LogP contribution in [0.4, 0.5) is 0 Å². The van der Waals surface area contributed by atoms with E-state index in [9.17, 15) is 9.59 Å². The fourth-order valence-electron chi connectivity index (χ4n) is 2.28. The number of carboxylic acids is 1. The van der Waals surface area contributed by atoms with Crippen molar-refractivity contribution in [3.05, 3.63) is 41.0 Å². The maximum absolute atomic E-state index is 12.4.